The van der Waals surface area contributed by atoms with Crippen molar-refractivity contribution >= 4 is 5.69 Å². The average molecular weight is 274 g/mol. The van der Waals surface area contributed by atoms with Gasteiger partial charge in [-0.1, -0.05) is 6.07 Å². The average Bonchev–Trinajstić information content (AvgIpc) is 2.85. The van der Waals surface area contributed by atoms with Crippen LogP contribution >= 0.6 is 0 Å². The van der Waals surface area contributed by atoms with E-state index in [1.807, 2.05) is 4.90 Å². The molecule has 6 heteroatoms. The van der Waals surface area contributed by atoms with Crippen LogP contribution in [-0.4, -0.2) is 26.3 Å². The zero-order chi connectivity index (χ0) is 14.0. The SMILES string of the molecule is COC1CCN(c2ccc(CN)c(C(F)(F)F)c2)C1. The topological polar surface area (TPSA) is 38.5 Å². The van der Waals surface area contributed by atoms with Gasteiger partial charge in [0.2, 0.25) is 0 Å². The summed E-state index contributed by atoms with van der Waals surface area (Å²) in [5.74, 6) is 0. The fraction of sp³-hybridized carbons (Fsp3) is 0.538. The van der Waals surface area contributed by atoms with Crippen LogP contribution < -0.4 is 10.6 Å². The summed E-state index contributed by atoms with van der Waals surface area (Å²) in [6, 6.07) is 4.33. The van der Waals surface area contributed by atoms with E-state index in [2.05, 4.69) is 0 Å². The van der Waals surface area contributed by atoms with Crippen LogP contribution in [0.3, 0.4) is 0 Å². The molecule has 1 aromatic rings. The van der Waals surface area contributed by atoms with Crippen molar-refractivity contribution in [2.24, 2.45) is 5.73 Å². The molecule has 1 atom stereocenters. The van der Waals surface area contributed by atoms with Crippen LogP contribution in [0.1, 0.15) is 17.5 Å². The third-order valence-corrected chi connectivity index (χ3v) is 3.46. The highest BCUT2D eigenvalue weighted by molar-refractivity contribution is 5.52. The van der Waals surface area contributed by atoms with Gasteiger partial charge in [-0.05, 0) is 24.1 Å². The summed E-state index contributed by atoms with van der Waals surface area (Å²) in [6.07, 6.45) is -3.45. The van der Waals surface area contributed by atoms with Gasteiger partial charge in [0.05, 0.1) is 11.7 Å². The molecule has 0 amide bonds. The van der Waals surface area contributed by atoms with Gasteiger partial charge in [-0.2, -0.15) is 13.2 Å². The molecule has 1 aromatic carbocycles. The van der Waals surface area contributed by atoms with Crippen LogP contribution in [0.4, 0.5) is 18.9 Å². The van der Waals surface area contributed by atoms with Crippen molar-refractivity contribution in [3.63, 3.8) is 0 Å². The van der Waals surface area contributed by atoms with Gasteiger partial charge in [0.15, 0.2) is 0 Å². The van der Waals surface area contributed by atoms with Gasteiger partial charge in [-0.25, -0.2) is 0 Å². The van der Waals surface area contributed by atoms with Crippen molar-refractivity contribution < 1.29 is 17.9 Å². The highest BCUT2D eigenvalue weighted by Gasteiger charge is 2.34. The Morgan fingerprint density at radius 2 is 2.16 bits per heavy atom. The molecule has 1 heterocycles. The Balaban J connectivity index is 2.28. The minimum atomic E-state index is -4.37. The lowest BCUT2D eigenvalue weighted by molar-refractivity contribution is -0.138. The van der Waals surface area contributed by atoms with Crippen molar-refractivity contribution in [3.8, 4) is 0 Å². The van der Waals surface area contributed by atoms with Gasteiger partial charge in [-0.15, -0.1) is 0 Å². The van der Waals surface area contributed by atoms with Gasteiger partial charge in [0.25, 0.3) is 0 Å². The van der Waals surface area contributed by atoms with E-state index in [1.54, 1.807) is 13.2 Å². The van der Waals surface area contributed by atoms with Crippen molar-refractivity contribution in [1.29, 1.82) is 0 Å². The molecular formula is C13H17F3N2O. The molecule has 106 valence electrons. The van der Waals surface area contributed by atoms with Crippen LogP contribution in [0.25, 0.3) is 0 Å². The smallest absolute Gasteiger partial charge is 0.380 e. The van der Waals surface area contributed by atoms with Gasteiger partial charge in [-0.3, -0.25) is 0 Å². The summed E-state index contributed by atoms with van der Waals surface area (Å²) < 4.78 is 44.1. The first-order chi connectivity index (χ1) is 8.95. The monoisotopic (exact) mass is 274 g/mol. The number of hydrogen-bond donors (Lipinski definition) is 1. The second-order valence-corrected chi connectivity index (χ2v) is 4.64. The quantitative estimate of drug-likeness (QED) is 0.919. The molecule has 1 saturated heterocycles. The second kappa shape index (κ2) is 5.38. The lowest BCUT2D eigenvalue weighted by Crippen LogP contribution is -2.23. The zero-order valence-electron chi connectivity index (χ0n) is 10.7. The molecule has 2 N–H and O–H groups in total. The van der Waals surface area contributed by atoms with Gasteiger partial charge in [0, 0.05) is 32.4 Å². The third-order valence-electron chi connectivity index (χ3n) is 3.46. The van der Waals surface area contributed by atoms with Crippen molar-refractivity contribution in [2.75, 3.05) is 25.1 Å². The van der Waals surface area contributed by atoms with E-state index in [4.69, 9.17) is 10.5 Å². The molecule has 1 fully saturated rings. The number of hydrogen-bond acceptors (Lipinski definition) is 3. The molecule has 3 nitrogen and oxygen atoms in total. The molecule has 0 bridgehead atoms. The summed E-state index contributed by atoms with van der Waals surface area (Å²) in [6.45, 7) is 1.21. The number of anilines is 1. The maximum atomic E-state index is 12.9. The number of benzene rings is 1. The van der Waals surface area contributed by atoms with E-state index in [0.29, 0.717) is 18.8 Å². The van der Waals surface area contributed by atoms with Crippen LogP contribution in [0.5, 0.6) is 0 Å². The minimum Gasteiger partial charge on any atom is -0.380 e. The molecule has 0 aromatic heterocycles. The molecule has 19 heavy (non-hydrogen) atoms. The fourth-order valence-corrected chi connectivity index (χ4v) is 2.36. The molecule has 1 aliphatic heterocycles. The second-order valence-electron chi connectivity index (χ2n) is 4.64. The minimum absolute atomic E-state index is 0.0866. The van der Waals surface area contributed by atoms with Crippen molar-refractivity contribution in [2.45, 2.75) is 25.2 Å². The number of nitrogens with two attached hydrogens (primary N) is 1. The number of ether oxygens (including phenoxy) is 1. The number of halogens is 3. The summed E-state index contributed by atoms with van der Waals surface area (Å²) in [4.78, 5) is 1.91. The first kappa shape index (κ1) is 14.1. The summed E-state index contributed by atoms with van der Waals surface area (Å²) >= 11 is 0. The van der Waals surface area contributed by atoms with Gasteiger partial charge < -0.3 is 15.4 Å². The maximum Gasteiger partial charge on any atom is 0.416 e. The van der Waals surface area contributed by atoms with Crippen LogP contribution in [0, 0.1) is 0 Å². The molecule has 0 spiro atoms. The first-order valence-corrected chi connectivity index (χ1v) is 6.13. The molecule has 1 unspecified atom stereocenters. The third kappa shape index (κ3) is 3.01. The number of nitrogens with zero attached hydrogens (tertiary/aromatic N) is 1. The highest BCUT2D eigenvalue weighted by atomic mass is 19.4. The van der Waals surface area contributed by atoms with Crippen LogP contribution in [0.2, 0.25) is 0 Å². The highest BCUT2D eigenvalue weighted by Crippen LogP contribution is 2.35. The lowest BCUT2D eigenvalue weighted by atomic mass is 10.1. The van der Waals surface area contributed by atoms with Gasteiger partial charge in [0.1, 0.15) is 0 Å². The van der Waals surface area contributed by atoms with E-state index in [9.17, 15) is 13.2 Å². The van der Waals surface area contributed by atoms with Crippen molar-refractivity contribution in [3.05, 3.63) is 29.3 Å². The maximum absolute atomic E-state index is 12.9. The molecule has 0 radical (unpaired) electrons. The molecule has 2 rings (SSSR count). The van der Waals surface area contributed by atoms with E-state index in [0.717, 1.165) is 6.42 Å². The lowest BCUT2D eigenvalue weighted by Gasteiger charge is -2.21. The standard InChI is InChI=1S/C13H17F3N2O/c1-19-11-4-5-18(8-11)10-3-2-9(7-17)12(6-10)13(14,15)16/h2-3,6,11H,4-5,7-8,17H2,1H3. The summed E-state index contributed by atoms with van der Waals surface area (Å²) in [5, 5.41) is 0. The van der Waals surface area contributed by atoms with Crippen LogP contribution in [-0.2, 0) is 17.5 Å². The Morgan fingerprint density at radius 3 is 2.68 bits per heavy atom. The number of rotatable bonds is 3. The van der Waals surface area contributed by atoms with Crippen LogP contribution in [0.15, 0.2) is 18.2 Å². The first-order valence-electron chi connectivity index (χ1n) is 6.13. The van der Waals surface area contributed by atoms with E-state index in [-0.39, 0.29) is 18.2 Å². The normalized spacial score (nSPS) is 20.1. The molecular weight excluding hydrogens is 257 g/mol. The fourth-order valence-electron chi connectivity index (χ4n) is 2.36. The van der Waals surface area contributed by atoms with Gasteiger partial charge >= 0.3 is 6.18 Å². The summed E-state index contributed by atoms with van der Waals surface area (Å²) in [7, 11) is 1.62. The number of methoxy groups -OCH3 is 1. The number of alkyl halides is 3. The van der Waals surface area contributed by atoms with Crippen molar-refractivity contribution in [1.82, 2.24) is 0 Å². The Kier molecular flexibility index (Phi) is 4.01. The Labute approximate surface area is 110 Å². The molecule has 1 aliphatic rings. The Hall–Kier alpha value is -1.27. The van der Waals surface area contributed by atoms with E-state index in [1.165, 1.54) is 12.1 Å². The Bertz CT molecular complexity index is 448. The molecule has 0 saturated carbocycles. The van der Waals surface area contributed by atoms with E-state index < -0.39 is 11.7 Å². The predicted octanol–water partition coefficient (Wildman–Crippen LogP) is 2.39. The predicted molar refractivity (Wildman–Crippen MR) is 67.0 cm³/mol. The zero-order valence-corrected chi connectivity index (χ0v) is 10.7. The largest absolute Gasteiger partial charge is 0.416 e. The summed E-state index contributed by atoms with van der Waals surface area (Å²) in [5.41, 5.74) is 5.41. The van der Waals surface area contributed by atoms with E-state index >= 15 is 0 Å². The Morgan fingerprint density at radius 1 is 1.42 bits per heavy atom. The molecule has 0 aliphatic carbocycles.